The van der Waals surface area contributed by atoms with Crippen molar-refractivity contribution in [2.24, 2.45) is 11.8 Å². The first-order valence-electron chi connectivity index (χ1n) is 10.9. The van der Waals surface area contributed by atoms with Gasteiger partial charge in [-0.25, -0.2) is 0 Å². The zero-order valence-electron chi connectivity index (χ0n) is 18.2. The highest BCUT2D eigenvalue weighted by atomic mass is 16.5. The van der Waals surface area contributed by atoms with Crippen LogP contribution in [0, 0.1) is 11.8 Å². The lowest BCUT2D eigenvalue weighted by molar-refractivity contribution is -0.156. The van der Waals surface area contributed by atoms with Crippen LogP contribution in [0.1, 0.15) is 52.9 Å². The van der Waals surface area contributed by atoms with Crippen LogP contribution < -0.4 is 0 Å². The number of aliphatic hydroxyl groups excluding tert-OH is 1. The monoisotopic (exact) mass is 422 g/mol. The molecule has 3 heterocycles. The Balaban J connectivity index is 2.05. The lowest BCUT2D eigenvalue weighted by Gasteiger charge is -2.39. The summed E-state index contributed by atoms with van der Waals surface area (Å²) in [4.78, 5) is 42.6. The Bertz CT molecular complexity index is 726. The fraction of sp³-hybridized carbons (Fsp3) is 0.773. The summed E-state index contributed by atoms with van der Waals surface area (Å²) in [6.07, 6.45) is 4.67. The number of amides is 2. The molecule has 3 unspecified atom stereocenters. The molecule has 0 radical (unpaired) electrons. The summed E-state index contributed by atoms with van der Waals surface area (Å²) in [6, 6.07) is -0.929. The molecule has 0 aromatic heterocycles. The molecule has 2 bridgehead atoms. The van der Waals surface area contributed by atoms with Gasteiger partial charge in [-0.1, -0.05) is 19.4 Å². The van der Waals surface area contributed by atoms with Crippen molar-refractivity contribution in [2.45, 2.75) is 76.2 Å². The summed E-state index contributed by atoms with van der Waals surface area (Å²) in [5.41, 5.74) is -2.08. The molecule has 30 heavy (non-hydrogen) atoms. The number of ether oxygens (including phenoxy) is 1. The highest BCUT2D eigenvalue weighted by Crippen LogP contribution is 2.63. The molecule has 3 aliphatic heterocycles. The van der Waals surface area contributed by atoms with Crippen LogP contribution in [-0.2, 0) is 19.1 Å². The Morgan fingerprint density at radius 2 is 2.13 bits per heavy atom. The summed E-state index contributed by atoms with van der Waals surface area (Å²) in [6.45, 7) is 9.97. The van der Waals surface area contributed by atoms with Gasteiger partial charge in [0, 0.05) is 25.7 Å². The molecule has 0 saturated carbocycles. The maximum absolute atomic E-state index is 13.9. The van der Waals surface area contributed by atoms with Gasteiger partial charge in [0.25, 0.3) is 0 Å². The van der Waals surface area contributed by atoms with Crippen molar-refractivity contribution in [3.8, 4) is 0 Å². The summed E-state index contributed by atoms with van der Waals surface area (Å²) in [7, 11) is 0. The van der Waals surface area contributed by atoms with E-state index in [0.29, 0.717) is 25.8 Å². The number of nitrogens with zero attached hydrogens (tertiary/aromatic N) is 2. The van der Waals surface area contributed by atoms with E-state index in [4.69, 9.17) is 4.74 Å². The van der Waals surface area contributed by atoms with Gasteiger partial charge in [-0.15, -0.1) is 6.58 Å². The Hall–Kier alpha value is -1.93. The molecule has 3 fully saturated rings. The van der Waals surface area contributed by atoms with Crippen LogP contribution in [0.5, 0.6) is 0 Å². The minimum Gasteiger partial charge on any atom is -0.481 e. The van der Waals surface area contributed by atoms with Gasteiger partial charge in [0.2, 0.25) is 11.8 Å². The van der Waals surface area contributed by atoms with Gasteiger partial charge < -0.3 is 24.7 Å². The van der Waals surface area contributed by atoms with Crippen molar-refractivity contribution in [2.75, 3.05) is 19.7 Å². The molecule has 0 aromatic rings. The fourth-order valence-electron chi connectivity index (χ4n) is 5.92. The summed E-state index contributed by atoms with van der Waals surface area (Å²) in [5.74, 6) is -3.49. The first-order chi connectivity index (χ1) is 14.2. The topological polar surface area (TPSA) is 107 Å². The van der Waals surface area contributed by atoms with E-state index in [-0.39, 0.29) is 31.0 Å². The van der Waals surface area contributed by atoms with Gasteiger partial charge in [0.1, 0.15) is 11.6 Å². The predicted molar refractivity (Wildman–Crippen MR) is 110 cm³/mol. The number of aliphatic hydroxyl groups is 1. The van der Waals surface area contributed by atoms with Crippen LogP contribution in [-0.4, -0.2) is 80.8 Å². The lowest BCUT2D eigenvalue weighted by atomic mass is 9.66. The number of carboxylic acid groups (broad SMARTS) is 1. The third-order valence-corrected chi connectivity index (χ3v) is 7.18. The highest BCUT2D eigenvalue weighted by molar-refractivity contribution is 5.98. The van der Waals surface area contributed by atoms with Crippen molar-refractivity contribution in [3.05, 3.63) is 12.7 Å². The van der Waals surface area contributed by atoms with Crippen molar-refractivity contribution >= 4 is 17.8 Å². The van der Waals surface area contributed by atoms with E-state index in [9.17, 15) is 24.6 Å². The lowest BCUT2D eigenvalue weighted by Crippen LogP contribution is -2.58. The Kier molecular flexibility index (Phi) is 6.30. The van der Waals surface area contributed by atoms with Crippen molar-refractivity contribution in [3.63, 3.8) is 0 Å². The molecule has 2 amide bonds. The third kappa shape index (κ3) is 3.24. The second-order valence-electron chi connectivity index (χ2n) is 9.09. The molecule has 168 valence electrons. The second-order valence-corrected chi connectivity index (χ2v) is 9.09. The molecule has 0 aromatic carbocycles. The Morgan fingerprint density at radius 1 is 1.43 bits per heavy atom. The van der Waals surface area contributed by atoms with Crippen molar-refractivity contribution in [1.82, 2.24) is 9.80 Å². The molecular formula is C22H34N2O6. The molecule has 2 N–H and O–H groups in total. The van der Waals surface area contributed by atoms with Gasteiger partial charge in [-0.05, 0) is 39.5 Å². The summed E-state index contributed by atoms with van der Waals surface area (Å²) >= 11 is 0. The number of aliphatic carboxylic acids is 1. The first kappa shape index (κ1) is 22.7. The van der Waals surface area contributed by atoms with Crippen LogP contribution in [0.4, 0.5) is 0 Å². The standard InChI is InChI=1S/C22H34N2O6/c1-5-8-14(3)23(11-6-2)19(27)17-22-10-9-21(4,30-22)16(20(28)29)15(22)18(26)24(17)12-7-13-25/h6,14-17,25H,2,5,7-13H2,1,3-4H3,(H,28,29)/t14?,15-,16-,17?,21+,22?/m0/s1. The van der Waals surface area contributed by atoms with Crippen LogP contribution >= 0.6 is 0 Å². The van der Waals surface area contributed by atoms with E-state index in [2.05, 4.69) is 6.58 Å². The SMILES string of the molecule is C=CCN(C(=O)C1N(CCCO)C(=O)[C@@H]2[C@@H](C(=O)O)[C@@]3(C)CCC12O3)C(C)CCC. The minimum atomic E-state index is -1.13. The van der Waals surface area contributed by atoms with Crippen LogP contribution in [0.3, 0.4) is 0 Å². The maximum atomic E-state index is 13.9. The largest absolute Gasteiger partial charge is 0.481 e. The zero-order valence-corrected chi connectivity index (χ0v) is 18.2. The van der Waals surface area contributed by atoms with Crippen molar-refractivity contribution < 1.29 is 29.3 Å². The number of carboxylic acids is 1. The summed E-state index contributed by atoms with van der Waals surface area (Å²) < 4.78 is 6.35. The number of hydrogen-bond acceptors (Lipinski definition) is 5. The van der Waals surface area contributed by atoms with E-state index >= 15 is 0 Å². The van der Waals surface area contributed by atoms with Gasteiger partial charge in [-0.2, -0.15) is 0 Å². The Morgan fingerprint density at radius 3 is 2.70 bits per heavy atom. The average molecular weight is 423 g/mol. The normalized spacial score (nSPS) is 35.4. The predicted octanol–water partition coefficient (Wildman–Crippen LogP) is 1.42. The minimum absolute atomic E-state index is 0.0461. The van der Waals surface area contributed by atoms with Crippen LogP contribution in [0.2, 0.25) is 0 Å². The molecular weight excluding hydrogens is 388 g/mol. The van der Waals surface area contributed by atoms with Gasteiger partial charge >= 0.3 is 5.97 Å². The first-order valence-corrected chi connectivity index (χ1v) is 10.9. The average Bonchev–Trinajstić information content (AvgIpc) is 3.25. The number of fused-ring (bicyclic) bond motifs is 1. The fourth-order valence-corrected chi connectivity index (χ4v) is 5.92. The molecule has 8 heteroatoms. The number of carbonyl (C=O) groups excluding carboxylic acids is 2. The quantitative estimate of drug-likeness (QED) is 0.516. The van der Waals surface area contributed by atoms with Gasteiger partial charge in [-0.3, -0.25) is 14.4 Å². The molecule has 3 saturated heterocycles. The molecule has 3 rings (SSSR count). The molecule has 0 aliphatic carbocycles. The van der Waals surface area contributed by atoms with Gasteiger partial charge in [0.05, 0.1) is 17.4 Å². The Labute approximate surface area is 177 Å². The van der Waals surface area contributed by atoms with E-state index in [1.54, 1.807) is 17.9 Å². The zero-order chi connectivity index (χ0) is 22.3. The molecule has 1 spiro atoms. The number of likely N-dealkylation sites (tertiary alicyclic amines) is 1. The van der Waals surface area contributed by atoms with Crippen molar-refractivity contribution in [1.29, 1.82) is 0 Å². The highest BCUT2D eigenvalue weighted by Gasteiger charge is 2.78. The van der Waals surface area contributed by atoms with Gasteiger partial charge in [0.15, 0.2) is 0 Å². The van der Waals surface area contributed by atoms with E-state index in [0.717, 1.165) is 12.8 Å². The molecule has 3 aliphatic rings. The smallest absolute Gasteiger partial charge is 0.310 e. The number of hydrogen-bond donors (Lipinski definition) is 2. The number of carbonyl (C=O) groups is 3. The summed E-state index contributed by atoms with van der Waals surface area (Å²) in [5, 5.41) is 19.2. The van der Waals surface area contributed by atoms with E-state index in [1.165, 1.54) is 4.90 Å². The van der Waals surface area contributed by atoms with Crippen LogP contribution in [0.25, 0.3) is 0 Å². The third-order valence-electron chi connectivity index (χ3n) is 7.18. The van der Waals surface area contributed by atoms with Crippen LogP contribution in [0.15, 0.2) is 12.7 Å². The molecule has 8 nitrogen and oxygen atoms in total. The number of rotatable bonds is 10. The second kappa shape index (κ2) is 8.30. The maximum Gasteiger partial charge on any atom is 0.310 e. The van der Waals surface area contributed by atoms with E-state index in [1.807, 2.05) is 13.8 Å². The molecule has 6 atom stereocenters. The van der Waals surface area contributed by atoms with E-state index < -0.39 is 35.0 Å².